The van der Waals surface area contributed by atoms with E-state index in [9.17, 15) is 9.18 Å². The number of carbonyl (C=O) groups is 1. The Morgan fingerprint density at radius 3 is 2.46 bits per heavy atom. The normalized spacial score (nSPS) is 12.0. The van der Waals surface area contributed by atoms with Crippen LogP contribution in [0.5, 0.6) is 0 Å². The van der Waals surface area contributed by atoms with Crippen molar-refractivity contribution >= 4 is 17.7 Å². The minimum Gasteiger partial charge on any atom is -0.351 e. The largest absolute Gasteiger partial charge is 0.351 e. The Morgan fingerprint density at radius 2 is 1.79 bits per heavy atom. The first-order valence-electron chi connectivity index (χ1n) is 8.86. The topological polar surface area (TPSA) is 85.8 Å². The fourth-order valence-corrected chi connectivity index (χ4v) is 3.36. The van der Waals surface area contributed by atoms with Gasteiger partial charge in [-0.15, -0.1) is 10.2 Å². The van der Waals surface area contributed by atoms with Gasteiger partial charge in [-0.2, -0.15) is 0 Å². The number of amides is 1. The summed E-state index contributed by atoms with van der Waals surface area (Å²) in [7, 11) is 0. The van der Waals surface area contributed by atoms with Crippen LogP contribution in [0.25, 0.3) is 0 Å². The summed E-state index contributed by atoms with van der Waals surface area (Å²) in [4.78, 5) is 12.4. The molecule has 0 radical (unpaired) electrons. The van der Waals surface area contributed by atoms with Gasteiger partial charge in [0.2, 0.25) is 11.1 Å². The highest BCUT2D eigenvalue weighted by atomic mass is 32.2. The van der Waals surface area contributed by atoms with E-state index in [1.165, 1.54) is 34.1 Å². The Balaban J connectivity index is 1.56. The Morgan fingerprint density at radius 1 is 1.14 bits per heavy atom. The van der Waals surface area contributed by atoms with Crippen molar-refractivity contribution in [3.8, 4) is 0 Å². The second-order valence-electron chi connectivity index (χ2n) is 6.54. The Kier molecular flexibility index (Phi) is 6.30. The summed E-state index contributed by atoms with van der Waals surface area (Å²) >= 11 is 1.24. The molecule has 0 bridgehead atoms. The van der Waals surface area contributed by atoms with Crippen LogP contribution in [0, 0.1) is 12.7 Å². The quantitative estimate of drug-likeness (QED) is 0.471. The lowest BCUT2D eigenvalue weighted by atomic mass is 10.1. The summed E-state index contributed by atoms with van der Waals surface area (Å²) in [5, 5.41) is 11.2. The number of hydrogen-bond acceptors (Lipinski definition) is 5. The number of hydrogen-bond donors (Lipinski definition) is 2. The summed E-state index contributed by atoms with van der Waals surface area (Å²) < 4.78 is 14.4. The molecule has 2 aromatic carbocycles. The smallest absolute Gasteiger partial charge is 0.233 e. The summed E-state index contributed by atoms with van der Waals surface area (Å²) in [5.41, 5.74) is 3.10. The Bertz CT molecular complexity index is 940. The first kappa shape index (κ1) is 19.9. The maximum absolute atomic E-state index is 13.0. The lowest BCUT2D eigenvalue weighted by Gasteiger charge is -2.12. The zero-order chi connectivity index (χ0) is 20.1. The first-order valence-corrected chi connectivity index (χ1v) is 9.74. The molecule has 8 heteroatoms. The van der Waals surface area contributed by atoms with Gasteiger partial charge in [-0.25, -0.2) is 9.07 Å². The second kappa shape index (κ2) is 8.88. The average Bonchev–Trinajstić information content (AvgIpc) is 3.02. The van der Waals surface area contributed by atoms with Gasteiger partial charge in [0, 0.05) is 13.0 Å². The first-order chi connectivity index (χ1) is 13.4. The van der Waals surface area contributed by atoms with Crippen LogP contribution in [-0.4, -0.2) is 26.0 Å². The third-order valence-electron chi connectivity index (χ3n) is 4.25. The van der Waals surface area contributed by atoms with Crippen LogP contribution in [-0.2, 0) is 17.8 Å². The molecular weight excluding hydrogens is 377 g/mol. The fourth-order valence-electron chi connectivity index (χ4n) is 2.54. The van der Waals surface area contributed by atoms with E-state index < -0.39 is 0 Å². The number of nitrogens with zero attached hydrogens (tertiary/aromatic N) is 3. The van der Waals surface area contributed by atoms with Crippen LogP contribution in [0.4, 0.5) is 4.39 Å². The minimum atomic E-state index is -0.379. The van der Waals surface area contributed by atoms with Crippen molar-refractivity contribution in [2.24, 2.45) is 0 Å². The van der Waals surface area contributed by atoms with Gasteiger partial charge in [0.15, 0.2) is 5.82 Å². The van der Waals surface area contributed by atoms with Crippen LogP contribution in [0.2, 0.25) is 0 Å². The van der Waals surface area contributed by atoms with Crippen molar-refractivity contribution in [2.75, 3.05) is 5.84 Å². The predicted molar refractivity (Wildman–Crippen MR) is 108 cm³/mol. The molecular formula is C20H22FN5OS. The number of nitrogen functional groups attached to an aromatic ring is 1. The highest BCUT2D eigenvalue weighted by Crippen LogP contribution is 2.21. The lowest BCUT2D eigenvalue weighted by Crippen LogP contribution is -2.31. The van der Waals surface area contributed by atoms with Crippen LogP contribution in [0.15, 0.2) is 53.7 Å². The number of rotatable bonds is 7. The van der Waals surface area contributed by atoms with Gasteiger partial charge in [-0.3, -0.25) is 4.79 Å². The highest BCUT2D eigenvalue weighted by Gasteiger charge is 2.19. The SMILES string of the molecule is Cc1ccc(CNC(=O)[C@@H](C)Sc2nnc(Cc3ccc(F)cc3)n2N)cc1. The van der Waals surface area contributed by atoms with E-state index in [1.807, 2.05) is 31.2 Å². The number of nitrogens with two attached hydrogens (primary N) is 1. The van der Waals surface area contributed by atoms with E-state index >= 15 is 0 Å². The van der Waals surface area contributed by atoms with Gasteiger partial charge >= 0.3 is 0 Å². The minimum absolute atomic E-state index is 0.103. The van der Waals surface area contributed by atoms with E-state index in [4.69, 9.17) is 5.84 Å². The third-order valence-corrected chi connectivity index (χ3v) is 5.31. The molecule has 0 aliphatic heterocycles. The van der Waals surface area contributed by atoms with Gasteiger partial charge in [0.1, 0.15) is 5.82 Å². The Labute approximate surface area is 167 Å². The van der Waals surface area contributed by atoms with Crippen LogP contribution in [0.1, 0.15) is 29.4 Å². The predicted octanol–water partition coefficient (Wildman–Crippen LogP) is 2.83. The molecule has 1 aromatic heterocycles. The van der Waals surface area contributed by atoms with Gasteiger partial charge in [-0.05, 0) is 37.1 Å². The second-order valence-corrected chi connectivity index (χ2v) is 7.84. The van der Waals surface area contributed by atoms with Crippen molar-refractivity contribution in [3.05, 3.63) is 76.9 Å². The highest BCUT2D eigenvalue weighted by molar-refractivity contribution is 8.00. The summed E-state index contributed by atoms with van der Waals surface area (Å²) in [6.07, 6.45) is 0.429. The molecule has 0 saturated carbocycles. The summed E-state index contributed by atoms with van der Waals surface area (Å²) in [6, 6.07) is 14.1. The van der Waals surface area contributed by atoms with E-state index in [0.717, 1.165) is 11.1 Å². The lowest BCUT2D eigenvalue weighted by molar-refractivity contribution is -0.120. The molecule has 0 saturated heterocycles. The fraction of sp³-hybridized carbons (Fsp3) is 0.250. The number of aromatic nitrogens is 3. The maximum Gasteiger partial charge on any atom is 0.233 e. The molecule has 146 valence electrons. The molecule has 0 spiro atoms. The van der Waals surface area contributed by atoms with Crippen LogP contribution < -0.4 is 11.2 Å². The molecule has 0 aliphatic rings. The van der Waals surface area contributed by atoms with Crippen molar-refractivity contribution < 1.29 is 9.18 Å². The van der Waals surface area contributed by atoms with E-state index in [2.05, 4.69) is 15.5 Å². The van der Waals surface area contributed by atoms with Crippen molar-refractivity contribution in [1.82, 2.24) is 20.2 Å². The summed E-state index contributed by atoms with van der Waals surface area (Å²) in [5.74, 6) is 6.22. The standard InChI is InChI=1S/C20H22FN5OS/c1-13-3-5-16(6-4-13)12-23-19(27)14(2)28-20-25-24-18(26(20)22)11-15-7-9-17(21)10-8-15/h3-10,14H,11-12,22H2,1-2H3,(H,23,27)/t14-/m1/s1. The van der Waals surface area contributed by atoms with E-state index in [1.54, 1.807) is 19.1 Å². The maximum atomic E-state index is 13.0. The molecule has 1 heterocycles. The number of carbonyl (C=O) groups excluding carboxylic acids is 1. The zero-order valence-corrected chi connectivity index (χ0v) is 16.5. The number of nitrogens with one attached hydrogen (secondary N) is 1. The monoisotopic (exact) mass is 399 g/mol. The molecule has 1 atom stereocenters. The van der Waals surface area contributed by atoms with Gasteiger partial charge in [-0.1, -0.05) is 53.7 Å². The number of benzene rings is 2. The van der Waals surface area contributed by atoms with E-state index in [-0.39, 0.29) is 17.0 Å². The average molecular weight is 399 g/mol. The molecule has 0 fully saturated rings. The van der Waals surface area contributed by atoms with E-state index in [0.29, 0.717) is 23.9 Å². The third kappa shape index (κ3) is 5.10. The van der Waals surface area contributed by atoms with Crippen molar-refractivity contribution in [1.29, 1.82) is 0 Å². The molecule has 3 N–H and O–H groups in total. The number of aryl methyl sites for hydroxylation is 1. The molecule has 1 amide bonds. The van der Waals surface area contributed by atoms with Crippen molar-refractivity contribution in [2.45, 2.75) is 37.2 Å². The summed E-state index contributed by atoms with van der Waals surface area (Å²) in [6.45, 7) is 4.28. The van der Waals surface area contributed by atoms with Crippen LogP contribution in [0.3, 0.4) is 0 Å². The number of halogens is 1. The molecule has 3 rings (SSSR count). The van der Waals surface area contributed by atoms with Gasteiger partial charge < -0.3 is 11.2 Å². The molecule has 3 aromatic rings. The van der Waals surface area contributed by atoms with Crippen LogP contribution >= 0.6 is 11.8 Å². The van der Waals surface area contributed by atoms with Gasteiger partial charge in [0.05, 0.1) is 5.25 Å². The Hall–Kier alpha value is -2.87. The number of thioether (sulfide) groups is 1. The van der Waals surface area contributed by atoms with Crippen molar-refractivity contribution in [3.63, 3.8) is 0 Å². The molecule has 0 unspecified atom stereocenters. The van der Waals surface area contributed by atoms with Gasteiger partial charge in [0.25, 0.3) is 0 Å². The molecule has 0 aliphatic carbocycles. The zero-order valence-electron chi connectivity index (χ0n) is 15.7. The molecule has 6 nitrogen and oxygen atoms in total. The molecule has 28 heavy (non-hydrogen) atoms.